The molecule has 0 bridgehead atoms. The highest BCUT2D eigenvalue weighted by atomic mass is 35.5. The van der Waals surface area contributed by atoms with Crippen LogP contribution in [0.1, 0.15) is 191 Å². The third-order valence-electron chi connectivity index (χ3n) is 20.3. The van der Waals surface area contributed by atoms with Crippen LogP contribution in [0.5, 0.6) is 11.5 Å². The van der Waals surface area contributed by atoms with Crippen molar-refractivity contribution in [2.45, 2.75) is 212 Å². The Balaban J connectivity index is 0.000000153. The Hall–Kier alpha value is -5.97. The van der Waals surface area contributed by atoms with E-state index in [-0.39, 0.29) is 59.4 Å². The molecule has 0 unspecified atom stereocenters. The number of nitrogens with one attached hydrogen (secondary N) is 3. The van der Waals surface area contributed by atoms with Crippen LogP contribution in [0.25, 0.3) is 11.1 Å². The molecule has 4 aromatic heterocycles. The number of ether oxygens (including phenoxy) is 2. The summed E-state index contributed by atoms with van der Waals surface area (Å²) in [7, 11) is 3.22. The molecule has 522 valence electrons. The number of aromatic nitrogens is 5. The lowest BCUT2D eigenvalue weighted by atomic mass is 9.51. The van der Waals surface area contributed by atoms with E-state index in [0.29, 0.717) is 55.4 Å². The average Bonchev–Trinajstić information content (AvgIpc) is 1.41. The molecule has 8 heterocycles. The number of nitrogens with zero attached hydrogens (tertiary/aromatic N) is 8. The molecule has 13 rings (SSSR count). The molecular weight excluding hydrogens is 1280 g/mol. The Bertz CT molecular complexity index is 3740. The number of carbonyl (C=O) groups is 3. The molecular formula is C73H103BCl3N11O8. The fraction of sp³-hybridized carbons (Fsp3) is 0.589. The van der Waals surface area contributed by atoms with Crippen molar-refractivity contribution >= 4 is 83.2 Å². The lowest BCUT2D eigenvalue weighted by Crippen LogP contribution is -2.61. The zero-order valence-corrected chi connectivity index (χ0v) is 62.0. The first-order chi connectivity index (χ1) is 44.5. The monoisotopic (exact) mass is 1380 g/mol. The first-order valence-corrected chi connectivity index (χ1v) is 34.7. The molecule has 0 radical (unpaired) electrons. The van der Waals surface area contributed by atoms with Crippen LogP contribution >= 0.6 is 35.6 Å². The summed E-state index contributed by atoms with van der Waals surface area (Å²) in [4.78, 5) is 49.2. The highest BCUT2D eigenvalue weighted by Gasteiger charge is 2.56. The lowest BCUT2D eigenvalue weighted by molar-refractivity contribution is -0.125. The molecule has 4 saturated heterocycles. The second-order valence-electron chi connectivity index (χ2n) is 30.8. The fourth-order valence-electron chi connectivity index (χ4n) is 13.6. The molecule has 4 aliphatic heterocycles. The molecule has 6 fully saturated rings. The van der Waals surface area contributed by atoms with Crippen molar-refractivity contribution in [3.63, 3.8) is 0 Å². The maximum absolute atomic E-state index is 13.4. The van der Waals surface area contributed by atoms with Gasteiger partial charge in [-0.1, -0.05) is 57.5 Å². The van der Waals surface area contributed by atoms with Gasteiger partial charge in [-0.15, -0.1) is 35.6 Å². The molecule has 7 aliphatic rings. The van der Waals surface area contributed by atoms with Gasteiger partial charge in [0.1, 0.15) is 27.2 Å². The van der Waals surface area contributed by atoms with Gasteiger partial charge in [-0.3, -0.25) is 28.9 Å². The van der Waals surface area contributed by atoms with E-state index in [1.54, 1.807) is 19.1 Å². The minimum atomic E-state index is -0.626. The number of anilines is 2. The van der Waals surface area contributed by atoms with Gasteiger partial charge < -0.3 is 44.0 Å². The van der Waals surface area contributed by atoms with E-state index in [0.717, 1.165) is 114 Å². The van der Waals surface area contributed by atoms with E-state index in [4.69, 9.17) is 51.4 Å². The number of piperazine rings is 3. The van der Waals surface area contributed by atoms with Crippen molar-refractivity contribution in [2.75, 3.05) is 69.8 Å². The highest BCUT2D eigenvalue weighted by Crippen LogP contribution is 2.56. The minimum absolute atomic E-state index is 0. The van der Waals surface area contributed by atoms with Gasteiger partial charge in [-0.05, 0) is 186 Å². The summed E-state index contributed by atoms with van der Waals surface area (Å²) in [5.41, 5.74) is 7.79. The molecule has 2 saturated carbocycles. The summed E-state index contributed by atoms with van der Waals surface area (Å²) in [5, 5.41) is 19.1. The van der Waals surface area contributed by atoms with E-state index in [1.807, 2.05) is 128 Å². The van der Waals surface area contributed by atoms with Crippen LogP contribution in [0.2, 0.25) is 0 Å². The van der Waals surface area contributed by atoms with E-state index < -0.39 is 15.4 Å². The van der Waals surface area contributed by atoms with Gasteiger partial charge in [-0.25, -0.2) is 9.67 Å². The van der Waals surface area contributed by atoms with Crippen molar-refractivity contribution in [3.05, 3.63) is 124 Å². The average molecular weight is 1380 g/mol. The largest absolute Gasteiger partial charge is 0.497 e. The SMILES string of the molecule is CC(C)(C)c1cc(C2CCC(Cl)(Cl)CC2)nc2cc(C(=O)N3CCNCC3(C)C)oc12.CC1(C)OB(C2=CC3(CCC3)C2)OC1(C)C.COc1ccc(Cn2cc(C)c(N3CCNC(C)(C)C3=O)n2)cc1.COc1ccc(Cn2nc(C)cc2N2CCNC(C)(C)C2=O)cc1.Cl. The van der Waals surface area contributed by atoms with Gasteiger partial charge >= 0.3 is 7.12 Å². The zero-order chi connectivity index (χ0) is 68.8. The predicted molar refractivity (Wildman–Crippen MR) is 386 cm³/mol. The van der Waals surface area contributed by atoms with Crippen LogP contribution in [0, 0.1) is 19.3 Å². The van der Waals surface area contributed by atoms with Crippen LogP contribution in [-0.4, -0.2) is 146 Å². The Morgan fingerprint density at radius 1 is 0.729 bits per heavy atom. The summed E-state index contributed by atoms with van der Waals surface area (Å²) < 4.78 is 31.8. The molecule has 3 N–H and O–H groups in total. The standard InChI is InChI=1S/C24H33Cl2N3O2.2C18H24N4O2.C13H21BO2.ClH/c1-22(2,3)16-12-17(15-6-8-24(25,26)9-7-15)28-18-13-19(31-20(16)18)21(30)29-11-10-27-14-23(29,4)5;1-13-11-21(12-14-5-7-15(24-4)8-6-14)20-16(13)22-10-9-19-18(2,3)17(22)23;1-13-11-16(21-10-9-19-18(2,3)17(21)23)22(20-13)12-14-5-7-15(24-4)8-6-14;1-11(2)12(3,4)16-14(15-11)10-8-13(9-10)6-5-7-13;/h12-13,15,27H,6-11,14H2,1-5H3;2*5-8,11,19H,9-10,12H2,1-4H3;8H,5-7,9H2,1-4H3;1H. The van der Waals surface area contributed by atoms with Crippen molar-refractivity contribution in [1.82, 2.24) is 45.4 Å². The first kappa shape index (κ1) is 74.3. The van der Waals surface area contributed by atoms with Crippen LogP contribution in [-0.2, 0) is 37.4 Å². The van der Waals surface area contributed by atoms with E-state index in [9.17, 15) is 14.4 Å². The number of fused-ring (bicyclic) bond motifs is 1. The third kappa shape index (κ3) is 16.5. The molecule has 96 heavy (non-hydrogen) atoms. The normalized spacial score (nSPS) is 21.3. The second kappa shape index (κ2) is 28.7. The van der Waals surface area contributed by atoms with E-state index in [1.165, 1.54) is 31.2 Å². The number of aryl methyl sites for hydroxylation is 2. The van der Waals surface area contributed by atoms with Crippen LogP contribution < -0.4 is 35.2 Å². The Morgan fingerprint density at radius 2 is 1.28 bits per heavy atom. The number of alkyl halides is 2. The van der Waals surface area contributed by atoms with Gasteiger partial charge in [0.05, 0.1) is 60.8 Å². The van der Waals surface area contributed by atoms with Gasteiger partial charge in [0.15, 0.2) is 17.2 Å². The van der Waals surface area contributed by atoms with Crippen molar-refractivity contribution in [2.24, 2.45) is 5.41 Å². The summed E-state index contributed by atoms with van der Waals surface area (Å²) >= 11 is 12.7. The van der Waals surface area contributed by atoms with Gasteiger partial charge in [0.2, 0.25) is 11.8 Å². The van der Waals surface area contributed by atoms with E-state index >= 15 is 0 Å². The maximum Gasteiger partial charge on any atom is 0.490 e. The predicted octanol–water partition coefficient (Wildman–Crippen LogP) is 13.2. The highest BCUT2D eigenvalue weighted by molar-refractivity contribution is 6.55. The quantitative estimate of drug-likeness (QED) is 0.0818. The smallest absolute Gasteiger partial charge is 0.490 e. The second-order valence-corrected chi connectivity index (χ2v) is 32.4. The van der Waals surface area contributed by atoms with Crippen molar-refractivity contribution in [1.29, 1.82) is 0 Å². The molecule has 19 nitrogen and oxygen atoms in total. The summed E-state index contributed by atoms with van der Waals surface area (Å²) in [6, 6.07) is 21.8. The number of hydrogen-bond donors (Lipinski definition) is 3. The van der Waals surface area contributed by atoms with E-state index in [2.05, 4.69) is 101 Å². The number of hydrogen-bond acceptors (Lipinski definition) is 14. The number of furan rings is 1. The summed E-state index contributed by atoms with van der Waals surface area (Å²) in [5.74, 6) is 4.01. The number of amides is 3. The molecule has 6 aromatic rings. The number of halogens is 3. The fourth-order valence-corrected chi connectivity index (χ4v) is 14.0. The topological polar surface area (TPSA) is 196 Å². The molecule has 23 heteroatoms. The first-order valence-electron chi connectivity index (χ1n) is 33.9. The van der Waals surface area contributed by atoms with Crippen molar-refractivity contribution < 1.29 is 37.6 Å². The number of methoxy groups -OCH3 is 2. The number of carbonyl (C=O) groups excluding carboxylic acids is 3. The third-order valence-corrected chi connectivity index (χ3v) is 21.1. The lowest BCUT2D eigenvalue weighted by Gasteiger charge is -2.47. The van der Waals surface area contributed by atoms with Gasteiger partial charge in [0, 0.05) is 86.9 Å². The van der Waals surface area contributed by atoms with Crippen LogP contribution in [0.3, 0.4) is 0 Å². The maximum atomic E-state index is 13.4. The van der Waals surface area contributed by atoms with Gasteiger partial charge in [0.25, 0.3) is 5.91 Å². The molecule has 3 amide bonds. The Kier molecular flexibility index (Phi) is 22.2. The Morgan fingerprint density at radius 3 is 1.81 bits per heavy atom. The summed E-state index contributed by atoms with van der Waals surface area (Å²) in [6.07, 6.45) is 13.1. The summed E-state index contributed by atoms with van der Waals surface area (Å²) in [6.45, 7) is 37.0. The molecule has 3 aliphatic carbocycles. The molecule has 2 aromatic carbocycles. The number of pyridine rings is 1. The van der Waals surface area contributed by atoms with Gasteiger partial charge in [-0.2, -0.15) is 10.2 Å². The number of allylic oxidation sites excluding steroid dienone is 2. The minimum Gasteiger partial charge on any atom is -0.497 e. The van der Waals surface area contributed by atoms with Crippen LogP contribution in [0.15, 0.2) is 88.9 Å². The molecule has 0 atom stereocenters. The van der Waals surface area contributed by atoms with Crippen LogP contribution in [0.4, 0.5) is 11.6 Å². The zero-order valence-electron chi connectivity index (χ0n) is 59.7. The Labute approximate surface area is 585 Å². The number of rotatable bonds is 11. The number of benzene rings is 2. The molecule has 1 spiro atoms. The van der Waals surface area contributed by atoms with Crippen molar-refractivity contribution in [3.8, 4) is 11.5 Å².